The van der Waals surface area contributed by atoms with Crippen molar-refractivity contribution < 1.29 is 4.79 Å². The molecule has 4 heteroatoms. The monoisotopic (exact) mass is 373 g/mol. The van der Waals surface area contributed by atoms with E-state index in [2.05, 4.69) is 41.8 Å². The fourth-order valence-corrected chi connectivity index (χ4v) is 4.07. The first-order valence-electron chi connectivity index (χ1n) is 10.1. The molecule has 0 bridgehead atoms. The molecule has 0 radical (unpaired) electrons. The van der Waals surface area contributed by atoms with Gasteiger partial charge in [-0.1, -0.05) is 35.9 Å². The summed E-state index contributed by atoms with van der Waals surface area (Å²) in [5, 5.41) is 8.01. The minimum atomic E-state index is 0.0342. The fraction of sp³-hybridized carbons (Fsp3) is 0.333. The average Bonchev–Trinajstić information content (AvgIpc) is 2.69. The van der Waals surface area contributed by atoms with Crippen LogP contribution in [0.4, 0.5) is 5.82 Å². The number of nitrogens with zero attached hydrogens (tertiary/aromatic N) is 1. The molecule has 2 N–H and O–H groups in total. The predicted molar refractivity (Wildman–Crippen MR) is 115 cm³/mol. The Labute approximate surface area is 166 Å². The molecule has 1 amide bonds. The molecule has 1 fully saturated rings. The smallest absolute Gasteiger partial charge is 0.251 e. The Hall–Kier alpha value is -2.88. The van der Waals surface area contributed by atoms with E-state index in [1.807, 2.05) is 37.3 Å². The van der Waals surface area contributed by atoms with Gasteiger partial charge in [0.05, 0.1) is 5.52 Å². The number of rotatable bonds is 4. The van der Waals surface area contributed by atoms with Crippen LogP contribution in [0.2, 0.25) is 0 Å². The zero-order valence-electron chi connectivity index (χ0n) is 16.5. The lowest BCUT2D eigenvalue weighted by molar-refractivity contribution is 0.0926. The fourth-order valence-electron chi connectivity index (χ4n) is 4.07. The third-order valence-corrected chi connectivity index (χ3v) is 5.62. The number of aromatic nitrogens is 1. The summed E-state index contributed by atoms with van der Waals surface area (Å²) in [6.07, 6.45) is 4.04. The van der Waals surface area contributed by atoms with Crippen molar-refractivity contribution in [2.45, 2.75) is 51.6 Å². The standard InChI is InChI=1S/C24H27N3O/c1-16-6-5-7-18(14-16)24(28)26-20-12-10-19(11-13-20)25-23-15-17(2)21-8-3-4-9-22(21)27-23/h3-9,14-15,19-20H,10-13H2,1-2H3,(H,25,27)(H,26,28). The van der Waals surface area contributed by atoms with E-state index in [4.69, 9.17) is 4.98 Å². The maximum absolute atomic E-state index is 12.5. The van der Waals surface area contributed by atoms with Crippen LogP contribution in [0.25, 0.3) is 10.9 Å². The second-order valence-corrected chi connectivity index (χ2v) is 7.88. The highest BCUT2D eigenvalue weighted by molar-refractivity contribution is 5.94. The normalized spacial score (nSPS) is 19.4. The van der Waals surface area contributed by atoms with E-state index in [9.17, 15) is 4.79 Å². The minimum absolute atomic E-state index is 0.0342. The third-order valence-electron chi connectivity index (χ3n) is 5.62. The Morgan fingerprint density at radius 1 is 0.929 bits per heavy atom. The van der Waals surface area contributed by atoms with Crippen molar-refractivity contribution in [1.29, 1.82) is 0 Å². The van der Waals surface area contributed by atoms with Crippen LogP contribution in [0.3, 0.4) is 0 Å². The van der Waals surface area contributed by atoms with E-state index in [-0.39, 0.29) is 11.9 Å². The van der Waals surface area contributed by atoms with E-state index in [1.54, 1.807) is 0 Å². The first kappa shape index (κ1) is 18.5. The zero-order chi connectivity index (χ0) is 19.5. The van der Waals surface area contributed by atoms with Gasteiger partial charge in [0.15, 0.2) is 0 Å². The second-order valence-electron chi connectivity index (χ2n) is 7.88. The summed E-state index contributed by atoms with van der Waals surface area (Å²) in [4.78, 5) is 17.2. The van der Waals surface area contributed by atoms with Crippen LogP contribution in [0.15, 0.2) is 54.6 Å². The minimum Gasteiger partial charge on any atom is -0.367 e. The van der Waals surface area contributed by atoms with Crippen molar-refractivity contribution in [3.8, 4) is 0 Å². The summed E-state index contributed by atoms with van der Waals surface area (Å²) in [7, 11) is 0. The van der Waals surface area contributed by atoms with Crippen LogP contribution in [0, 0.1) is 13.8 Å². The van der Waals surface area contributed by atoms with Crippen molar-refractivity contribution in [1.82, 2.24) is 10.3 Å². The quantitative estimate of drug-likeness (QED) is 0.676. The van der Waals surface area contributed by atoms with Crippen molar-refractivity contribution in [3.63, 3.8) is 0 Å². The number of hydrogen-bond acceptors (Lipinski definition) is 3. The van der Waals surface area contributed by atoms with Crippen LogP contribution in [-0.2, 0) is 0 Å². The molecule has 0 unspecified atom stereocenters. The molecule has 3 aromatic rings. The van der Waals surface area contributed by atoms with Gasteiger partial charge >= 0.3 is 0 Å². The Balaban J connectivity index is 1.34. The molecule has 2 aromatic carbocycles. The molecule has 144 valence electrons. The van der Waals surface area contributed by atoms with E-state index < -0.39 is 0 Å². The van der Waals surface area contributed by atoms with Crippen LogP contribution in [-0.4, -0.2) is 23.0 Å². The Bertz CT molecular complexity index is 990. The summed E-state index contributed by atoms with van der Waals surface area (Å²) in [6, 6.07) is 18.8. The number of benzene rings is 2. The molecule has 0 aliphatic heterocycles. The average molecular weight is 374 g/mol. The highest BCUT2D eigenvalue weighted by Gasteiger charge is 2.23. The van der Waals surface area contributed by atoms with E-state index >= 15 is 0 Å². The number of nitrogens with one attached hydrogen (secondary N) is 2. The maximum atomic E-state index is 12.5. The van der Waals surface area contributed by atoms with Gasteiger partial charge in [-0.15, -0.1) is 0 Å². The van der Waals surface area contributed by atoms with Crippen LogP contribution >= 0.6 is 0 Å². The summed E-state index contributed by atoms with van der Waals surface area (Å²) in [6.45, 7) is 4.14. The van der Waals surface area contributed by atoms with Crippen molar-refractivity contribution >= 4 is 22.6 Å². The van der Waals surface area contributed by atoms with Gasteiger partial charge < -0.3 is 10.6 Å². The summed E-state index contributed by atoms with van der Waals surface area (Å²) in [5.41, 5.74) is 4.13. The van der Waals surface area contributed by atoms with Crippen molar-refractivity contribution in [2.75, 3.05) is 5.32 Å². The number of para-hydroxylation sites is 1. The van der Waals surface area contributed by atoms with Crippen LogP contribution < -0.4 is 10.6 Å². The SMILES string of the molecule is Cc1cccc(C(=O)NC2CCC(Nc3cc(C)c4ccccc4n3)CC2)c1. The molecule has 4 nitrogen and oxygen atoms in total. The molecule has 4 rings (SSSR count). The van der Waals surface area contributed by atoms with E-state index in [0.717, 1.165) is 48.1 Å². The van der Waals surface area contributed by atoms with E-state index in [1.165, 1.54) is 10.9 Å². The Morgan fingerprint density at radius 3 is 2.46 bits per heavy atom. The van der Waals surface area contributed by atoms with Crippen molar-refractivity contribution in [3.05, 3.63) is 71.3 Å². The number of hydrogen-bond donors (Lipinski definition) is 2. The highest BCUT2D eigenvalue weighted by atomic mass is 16.1. The molecule has 1 saturated carbocycles. The molecule has 0 saturated heterocycles. The lowest BCUT2D eigenvalue weighted by atomic mass is 9.91. The molecule has 0 atom stereocenters. The molecule has 1 aromatic heterocycles. The number of amides is 1. The van der Waals surface area contributed by atoms with Crippen molar-refractivity contribution in [2.24, 2.45) is 0 Å². The van der Waals surface area contributed by atoms with Gasteiger partial charge in [0.2, 0.25) is 0 Å². The summed E-state index contributed by atoms with van der Waals surface area (Å²) >= 11 is 0. The number of aryl methyl sites for hydroxylation is 2. The molecule has 28 heavy (non-hydrogen) atoms. The van der Waals surface area contributed by atoms with Gasteiger partial charge in [-0.25, -0.2) is 4.98 Å². The van der Waals surface area contributed by atoms with Gasteiger partial charge in [0.1, 0.15) is 5.82 Å². The van der Waals surface area contributed by atoms with Gasteiger partial charge in [-0.05, 0) is 69.4 Å². The van der Waals surface area contributed by atoms with Gasteiger partial charge in [0.25, 0.3) is 5.91 Å². The maximum Gasteiger partial charge on any atom is 0.251 e. The molecule has 1 aliphatic carbocycles. The Morgan fingerprint density at radius 2 is 1.68 bits per heavy atom. The van der Waals surface area contributed by atoms with Gasteiger partial charge in [-0.3, -0.25) is 4.79 Å². The second kappa shape index (κ2) is 8.01. The molecular formula is C24H27N3O. The topological polar surface area (TPSA) is 54.0 Å². The first-order valence-corrected chi connectivity index (χ1v) is 10.1. The number of fused-ring (bicyclic) bond motifs is 1. The largest absolute Gasteiger partial charge is 0.367 e. The number of carbonyl (C=O) groups excluding carboxylic acids is 1. The molecule has 0 spiro atoms. The number of carbonyl (C=O) groups is 1. The first-order chi connectivity index (χ1) is 13.6. The predicted octanol–water partition coefficient (Wildman–Crippen LogP) is 5.00. The Kier molecular flexibility index (Phi) is 5.29. The lowest BCUT2D eigenvalue weighted by Gasteiger charge is -2.30. The van der Waals surface area contributed by atoms with Crippen LogP contribution in [0.1, 0.15) is 47.2 Å². The molecular weight excluding hydrogens is 346 g/mol. The van der Waals surface area contributed by atoms with Gasteiger partial charge in [0, 0.05) is 23.0 Å². The summed E-state index contributed by atoms with van der Waals surface area (Å²) < 4.78 is 0. The third kappa shape index (κ3) is 4.16. The number of pyridine rings is 1. The highest BCUT2D eigenvalue weighted by Crippen LogP contribution is 2.25. The molecule has 1 heterocycles. The summed E-state index contributed by atoms with van der Waals surface area (Å²) in [5.74, 6) is 0.982. The lowest BCUT2D eigenvalue weighted by Crippen LogP contribution is -2.40. The number of anilines is 1. The molecule has 1 aliphatic rings. The van der Waals surface area contributed by atoms with E-state index in [0.29, 0.717) is 6.04 Å². The van der Waals surface area contributed by atoms with Crippen LogP contribution in [0.5, 0.6) is 0 Å². The van der Waals surface area contributed by atoms with Gasteiger partial charge in [-0.2, -0.15) is 0 Å². The zero-order valence-corrected chi connectivity index (χ0v) is 16.5.